The van der Waals surface area contributed by atoms with E-state index in [1.54, 1.807) is 0 Å². The molecule has 0 amide bonds. The first-order valence-corrected chi connectivity index (χ1v) is 7.26. The first-order valence-electron chi connectivity index (χ1n) is 7.26. The predicted octanol–water partition coefficient (Wildman–Crippen LogP) is 5.00. The molecule has 0 bridgehead atoms. The van der Waals surface area contributed by atoms with Crippen molar-refractivity contribution in [3.05, 3.63) is 42.8 Å². The van der Waals surface area contributed by atoms with E-state index < -0.39 is 0 Å². The highest BCUT2D eigenvalue weighted by Crippen LogP contribution is 2.07. The summed E-state index contributed by atoms with van der Waals surface area (Å²) >= 11 is 0. The van der Waals surface area contributed by atoms with E-state index in [4.69, 9.17) is 0 Å². The van der Waals surface area contributed by atoms with Crippen LogP contribution >= 0.6 is 0 Å². The van der Waals surface area contributed by atoms with Crippen LogP contribution in [0.15, 0.2) is 30.3 Å². The molecular weight excluding hydrogens is 228 g/mol. The summed E-state index contributed by atoms with van der Waals surface area (Å²) in [5.41, 5.74) is 1.03. The minimum absolute atomic E-state index is 0.971. The number of rotatable bonds is 7. The topological polar surface area (TPSA) is 0 Å². The molecule has 19 heavy (non-hydrogen) atoms. The van der Waals surface area contributed by atoms with Gasteiger partial charge in [-0.15, -0.1) is 0 Å². The Kier molecular flexibility index (Phi) is 9.26. The summed E-state index contributed by atoms with van der Waals surface area (Å²) in [6.45, 7) is 3.85. The van der Waals surface area contributed by atoms with Crippen LogP contribution in [0.1, 0.15) is 56.9 Å². The zero-order chi connectivity index (χ0) is 13.6. The predicted molar refractivity (Wildman–Crippen MR) is 83.4 cm³/mol. The molecule has 0 spiro atoms. The van der Waals surface area contributed by atoms with Crippen molar-refractivity contribution < 1.29 is 0 Å². The summed E-state index contributed by atoms with van der Waals surface area (Å²) < 4.78 is 0. The van der Waals surface area contributed by atoms with E-state index >= 15 is 0 Å². The van der Waals surface area contributed by atoms with Crippen LogP contribution < -0.4 is 0 Å². The Labute approximate surface area is 118 Å². The van der Waals surface area contributed by atoms with Gasteiger partial charge < -0.3 is 0 Å². The third kappa shape index (κ3) is 8.98. The molecule has 0 atom stereocenters. The lowest BCUT2D eigenvalue weighted by atomic mass is 10.1. The van der Waals surface area contributed by atoms with Crippen molar-refractivity contribution in [3.63, 3.8) is 0 Å². The largest absolute Gasteiger partial charge is 0.0891 e. The molecule has 1 radical (unpaired) electrons. The highest BCUT2D eigenvalue weighted by atomic mass is 13.9. The monoisotopic (exact) mass is 251 g/mol. The molecule has 0 heteroatoms. The third-order valence-corrected chi connectivity index (χ3v) is 2.93. The van der Waals surface area contributed by atoms with Gasteiger partial charge in [-0.3, -0.25) is 0 Å². The molecule has 0 nitrogen and oxygen atoms in total. The van der Waals surface area contributed by atoms with Crippen LogP contribution in [0.25, 0.3) is 0 Å². The quantitative estimate of drug-likeness (QED) is 0.473. The zero-order valence-corrected chi connectivity index (χ0v) is 11.8. The average molecular weight is 251 g/mol. The van der Waals surface area contributed by atoms with Crippen molar-refractivity contribution >= 4 is 0 Å². The molecule has 1 aromatic rings. The van der Waals surface area contributed by atoms with Gasteiger partial charge in [-0.25, -0.2) is 0 Å². The maximum atomic E-state index is 3.85. The fraction of sp³-hybridized carbons (Fsp3) is 0.421. The molecule has 0 N–H and O–H groups in total. The Morgan fingerprint density at radius 1 is 0.789 bits per heavy atom. The van der Waals surface area contributed by atoms with Crippen molar-refractivity contribution in [1.82, 2.24) is 0 Å². The second-order valence-electron chi connectivity index (χ2n) is 4.64. The van der Waals surface area contributed by atoms with E-state index in [9.17, 15) is 0 Å². The van der Waals surface area contributed by atoms with Crippen molar-refractivity contribution in [2.45, 2.75) is 51.4 Å². The Morgan fingerprint density at radius 2 is 1.47 bits per heavy atom. The van der Waals surface area contributed by atoms with Crippen molar-refractivity contribution in [2.75, 3.05) is 0 Å². The maximum absolute atomic E-state index is 3.85. The Bertz CT molecular complexity index is 434. The van der Waals surface area contributed by atoms with Gasteiger partial charge in [0.15, 0.2) is 0 Å². The molecular formula is C19H23. The first kappa shape index (κ1) is 15.4. The SMILES string of the molecule is [CH2]CCCCCCCCC#CC#Cc1ccccc1. The van der Waals surface area contributed by atoms with E-state index in [0.29, 0.717) is 0 Å². The second kappa shape index (κ2) is 11.4. The minimum Gasteiger partial charge on any atom is -0.0891 e. The van der Waals surface area contributed by atoms with E-state index in [-0.39, 0.29) is 0 Å². The average Bonchev–Trinajstić information content (AvgIpc) is 2.46. The van der Waals surface area contributed by atoms with Crippen LogP contribution in [-0.4, -0.2) is 0 Å². The molecule has 0 heterocycles. The van der Waals surface area contributed by atoms with Crippen LogP contribution in [-0.2, 0) is 0 Å². The van der Waals surface area contributed by atoms with Gasteiger partial charge in [0, 0.05) is 12.0 Å². The molecule has 99 valence electrons. The van der Waals surface area contributed by atoms with Crippen LogP contribution in [0.3, 0.4) is 0 Å². The zero-order valence-electron chi connectivity index (χ0n) is 11.8. The Balaban J connectivity index is 2.04. The molecule has 1 aromatic carbocycles. The number of benzene rings is 1. The smallest absolute Gasteiger partial charge is 0.0255 e. The normalized spacial score (nSPS) is 9.11. The molecule has 0 aliphatic heterocycles. The molecule has 0 saturated heterocycles. The fourth-order valence-corrected chi connectivity index (χ4v) is 1.83. The standard InChI is InChI=1S/C19H23/c1-2-3-4-5-6-7-8-9-10-11-13-16-19-17-14-12-15-18-19/h12,14-15,17-18H,1-9H2. The highest BCUT2D eigenvalue weighted by molar-refractivity contribution is 5.39. The van der Waals surface area contributed by atoms with E-state index in [1.807, 2.05) is 30.3 Å². The van der Waals surface area contributed by atoms with Gasteiger partial charge in [-0.05, 0) is 30.4 Å². The van der Waals surface area contributed by atoms with Crippen molar-refractivity contribution in [2.24, 2.45) is 0 Å². The first-order chi connectivity index (χ1) is 9.43. The summed E-state index contributed by atoms with van der Waals surface area (Å²) in [6, 6.07) is 9.98. The summed E-state index contributed by atoms with van der Waals surface area (Å²) in [6.07, 6.45) is 9.81. The number of hydrogen-bond donors (Lipinski definition) is 0. The van der Waals surface area contributed by atoms with Gasteiger partial charge in [0.1, 0.15) is 0 Å². The number of hydrogen-bond acceptors (Lipinski definition) is 0. The summed E-state index contributed by atoms with van der Waals surface area (Å²) in [5.74, 6) is 12.0. The lowest BCUT2D eigenvalue weighted by Gasteiger charge is -1.97. The van der Waals surface area contributed by atoms with Gasteiger partial charge in [0.25, 0.3) is 0 Å². The van der Waals surface area contributed by atoms with Gasteiger partial charge in [0.05, 0.1) is 0 Å². The van der Waals surface area contributed by atoms with E-state index in [0.717, 1.165) is 18.4 Å². The molecule has 0 aromatic heterocycles. The second-order valence-corrected chi connectivity index (χ2v) is 4.64. The maximum Gasteiger partial charge on any atom is 0.0255 e. The van der Waals surface area contributed by atoms with Crippen LogP contribution in [0.4, 0.5) is 0 Å². The number of unbranched alkanes of at least 4 members (excludes halogenated alkanes) is 7. The lowest BCUT2D eigenvalue weighted by molar-refractivity contribution is 0.602. The molecule has 0 aliphatic carbocycles. The van der Waals surface area contributed by atoms with Crippen molar-refractivity contribution in [1.29, 1.82) is 0 Å². The van der Waals surface area contributed by atoms with Gasteiger partial charge in [-0.1, -0.05) is 75.5 Å². The van der Waals surface area contributed by atoms with E-state index in [1.165, 1.54) is 38.5 Å². The van der Waals surface area contributed by atoms with Gasteiger partial charge in [-0.2, -0.15) is 0 Å². The highest BCUT2D eigenvalue weighted by Gasteiger charge is 1.88. The minimum atomic E-state index is 0.971. The summed E-state index contributed by atoms with van der Waals surface area (Å²) in [7, 11) is 0. The Hall–Kier alpha value is -1.66. The molecule has 0 aliphatic rings. The van der Waals surface area contributed by atoms with Crippen LogP contribution in [0, 0.1) is 30.6 Å². The van der Waals surface area contributed by atoms with E-state index in [2.05, 4.69) is 30.6 Å². The Morgan fingerprint density at radius 3 is 2.21 bits per heavy atom. The summed E-state index contributed by atoms with van der Waals surface area (Å²) in [5, 5.41) is 0. The lowest BCUT2D eigenvalue weighted by Crippen LogP contribution is -1.79. The van der Waals surface area contributed by atoms with Crippen LogP contribution in [0.5, 0.6) is 0 Å². The molecule has 0 fully saturated rings. The van der Waals surface area contributed by atoms with Crippen LogP contribution in [0.2, 0.25) is 0 Å². The molecule has 1 rings (SSSR count). The third-order valence-electron chi connectivity index (χ3n) is 2.93. The molecule has 0 unspecified atom stereocenters. The fourth-order valence-electron chi connectivity index (χ4n) is 1.83. The van der Waals surface area contributed by atoms with Gasteiger partial charge in [0.2, 0.25) is 0 Å². The van der Waals surface area contributed by atoms with Gasteiger partial charge >= 0.3 is 0 Å². The molecule has 0 saturated carbocycles. The summed E-state index contributed by atoms with van der Waals surface area (Å²) in [4.78, 5) is 0. The van der Waals surface area contributed by atoms with Crippen molar-refractivity contribution in [3.8, 4) is 23.7 Å².